The summed E-state index contributed by atoms with van der Waals surface area (Å²) in [5, 5.41) is 10.8. The van der Waals surface area contributed by atoms with Crippen LogP contribution in [0, 0.1) is 0 Å². The number of nitrogens with zero attached hydrogens (tertiary/aromatic N) is 4. The molecule has 0 radical (unpaired) electrons. The predicted molar refractivity (Wildman–Crippen MR) is 118 cm³/mol. The second-order valence-electron chi connectivity index (χ2n) is 8.74. The number of aromatic nitrogens is 1. The van der Waals surface area contributed by atoms with Crippen molar-refractivity contribution in [3.8, 4) is 0 Å². The summed E-state index contributed by atoms with van der Waals surface area (Å²) in [4.78, 5) is 19.4. The van der Waals surface area contributed by atoms with Crippen LogP contribution in [-0.4, -0.2) is 88.2 Å². The first-order chi connectivity index (χ1) is 14.6. The maximum Gasteiger partial charge on any atom is 0.227 e. The van der Waals surface area contributed by atoms with E-state index in [1.54, 1.807) is 0 Å². The predicted octanol–water partition coefficient (Wildman–Crippen LogP) is 1.39. The zero-order valence-corrected chi connectivity index (χ0v) is 18.0. The Hall–Kier alpha value is -2.15. The van der Waals surface area contributed by atoms with Crippen molar-refractivity contribution in [3.05, 3.63) is 59.9 Å². The lowest BCUT2D eigenvalue weighted by Crippen LogP contribution is -2.59. The number of likely N-dealkylation sites (tertiary alicyclic amines) is 1. The molecule has 0 bridgehead atoms. The number of piperidine rings is 1. The van der Waals surface area contributed by atoms with Crippen LogP contribution in [0.5, 0.6) is 0 Å². The number of amides is 1. The second kappa shape index (κ2) is 9.77. The molecule has 1 aromatic heterocycles. The van der Waals surface area contributed by atoms with Crippen molar-refractivity contribution in [2.24, 2.45) is 7.05 Å². The van der Waals surface area contributed by atoms with Gasteiger partial charge >= 0.3 is 0 Å². The molecule has 2 fully saturated rings. The molecule has 162 valence electrons. The third-order valence-electron chi connectivity index (χ3n) is 6.58. The van der Waals surface area contributed by atoms with Gasteiger partial charge in [-0.1, -0.05) is 30.3 Å². The summed E-state index contributed by atoms with van der Waals surface area (Å²) >= 11 is 0. The smallest absolute Gasteiger partial charge is 0.227 e. The van der Waals surface area contributed by atoms with E-state index >= 15 is 0 Å². The van der Waals surface area contributed by atoms with Crippen LogP contribution in [0.25, 0.3) is 0 Å². The van der Waals surface area contributed by atoms with Gasteiger partial charge in [-0.2, -0.15) is 0 Å². The first kappa shape index (κ1) is 21.1. The van der Waals surface area contributed by atoms with Gasteiger partial charge in [-0.3, -0.25) is 9.69 Å². The molecule has 2 atom stereocenters. The van der Waals surface area contributed by atoms with Gasteiger partial charge in [0.2, 0.25) is 5.91 Å². The third kappa shape index (κ3) is 5.31. The summed E-state index contributed by atoms with van der Waals surface area (Å²) in [6.07, 6.45) is 5.84. The monoisotopic (exact) mass is 410 g/mol. The minimum absolute atomic E-state index is 0.115. The first-order valence-electron chi connectivity index (χ1n) is 11.2. The fourth-order valence-corrected chi connectivity index (χ4v) is 4.77. The lowest BCUT2D eigenvalue weighted by Gasteiger charge is -2.45. The number of carbonyl (C=O) groups excluding carboxylic acids is 1. The molecule has 6 nitrogen and oxygen atoms in total. The molecule has 2 aliphatic heterocycles. The average Bonchev–Trinajstić information content (AvgIpc) is 3.18. The maximum atomic E-state index is 12.6. The summed E-state index contributed by atoms with van der Waals surface area (Å²) in [6.45, 7) is 6.36. The normalized spacial score (nSPS) is 23.6. The quantitative estimate of drug-likeness (QED) is 0.782. The van der Waals surface area contributed by atoms with E-state index in [-0.39, 0.29) is 11.9 Å². The molecule has 0 unspecified atom stereocenters. The highest BCUT2D eigenvalue weighted by Crippen LogP contribution is 2.20. The van der Waals surface area contributed by atoms with Gasteiger partial charge in [-0.15, -0.1) is 0 Å². The van der Waals surface area contributed by atoms with E-state index in [1.165, 1.54) is 5.56 Å². The Balaban J connectivity index is 1.21. The van der Waals surface area contributed by atoms with Gasteiger partial charge in [0.1, 0.15) is 0 Å². The fraction of sp³-hybridized carbons (Fsp3) is 0.542. The van der Waals surface area contributed by atoms with E-state index in [0.29, 0.717) is 13.0 Å². The minimum atomic E-state index is -0.464. The molecule has 1 aromatic carbocycles. The number of benzene rings is 1. The van der Waals surface area contributed by atoms with Gasteiger partial charge in [0, 0.05) is 71.3 Å². The molecule has 2 aromatic rings. The third-order valence-corrected chi connectivity index (χ3v) is 6.58. The number of aliphatic hydroxyl groups is 1. The summed E-state index contributed by atoms with van der Waals surface area (Å²) in [6, 6.07) is 12.8. The molecule has 1 amide bonds. The Morgan fingerprint density at radius 2 is 1.80 bits per heavy atom. The molecule has 6 heteroatoms. The van der Waals surface area contributed by atoms with E-state index in [2.05, 4.69) is 40.1 Å². The SMILES string of the molecule is Cn1ccc(CC(=O)N2CC[C@H](N3CCN(CCc4ccccc4)CC3)[C@@H](O)C2)c1. The van der Waals surface area contributed by atoms with Crippen molar-refractivity contribution in [1.29, 1.82) is 0 Å². The second-order valence-corrected chi connectivity index (χ2v) is 8.74. The molecule has 0 aliphatic carbocycles. The number of aliphatic hydroxyl groups excluding tert-OH is 1. The lowest BCUT2D eigenvalue weighted by atomic mass is 9.98. The molecule has 2 aliphatic rings. The summed E-state index contributed by atoms with van der Waals surface area (Å²) in [5.74, 6) is 0.115. The van der Waals surface area contributed by atoms with Crippen LogP contribution in [-0.2, 0) is 24.7 Å². The Bertz CT molecular complexity index is 814. The number of rotatable bonds is 6. The average molecular weight is 411 g/mol. The topological polar surface area (TPSA) is 52.0 Å². The molecule has 4 rings (SSSR count). The molecule has 1 N–H and O–H groups in total. The van der Waals surface area contributed by atoms with E-state index in [0.717, 1.165) is 57.7 Å². The van der Waals surface area contributed by atoms with E-state index in [1.807, 2.05) is 35.0 Å². The van der Waals surface area contributed by atoms with Crippen molar-refractivity contribution in [3.63, 3.8) is 0 Å². The van der Waals surface area contributed by atoms with Gasteiger partial charge in [0.15, 0.2) is 0 Å². The van der Waals surface area contributed by atoms with Crippen LogP contribution in [0.3, 0.4) is 0 Å². The Kier molecular flexibility index (Phi) is 6.87. The molecular formula is C24H34N4O2. The van der Waals surface area contributed by atoms with Gasteiger partial charge in [-0.05, 0) is 30.0 Å². The van der Waals surface area contributed by atoms with Crippen LogP contribution in [0.15, 0.2) is 48.8 Å². The van der Waals surface area contributed by atoms with Crippen LogP contribution < -0.4 is 0 Å². The van der Waals surface area contributed by atoms with Crippen molar-refractivity contribution >= 4 is 5.91 Å². The van der Waals surface area contributed by atoms with Crippen molar-refractivity contribution in [2.75, 3.05) is 45.8 Å². The van der Waals surface area contributed by atoms with E-state index < -0.39 is 6.10 Å². The highest BCUT2D eigenvalue weighted by Gasteiger charge is 2.35. The molecule has 30 heavy (non-hydrogen) atoms. The summed E-state index contributed by atoms with van der Waals surface area (Å²) < 4.78 is 1.96. The zero-order chi connectivity index (χ0) is 20.9. The number of aryl methyl sites for hydroxylation is 1. The largest absolute Gasteiger partial charge is 0.390 e. The Morgan fingerprint density at radius 1 is 1.03 bits per heavy atom. The summed E-state index contributed by atoms with van der Waals surface area (Å²) in [5.41, 5.74) is 2.42. The maximum absolute atomic E-state index is 12.6. The van der Waals surface area contributed by atoms with Crippen LogP contribution >= 0.6 is 0 Å². The van der Waals surface area contributed by atoms with E-state index in [4.69, 9.17) is 0 Å². The number of β-amino-alcohol motifs (C(OH)–C–C–N with tert-alkyl or cyclic N) is 1. The minimum Gasteiger partial charge on any atom is -0.390 e. The van der Waals surface area contributed by atoms with Gasteiger partial charge in [-0.25, -0.2) is 0 Å². The number of piperazine rings is 1. The number of carbonyl (C=O) groups is 1. The Morgan fingerprint density at radius 3 is 2.47 bits per heavy atom. The van der Waals surface area contributed by atoms with Crippen LogP contribution in [0.1, 0.15) is 17.5 Å². The van der Waals surface area contributed by atoms with E-state index in [9.17, 15) is 9.90 Å². The van der Waals surface area contributed by atoms with Crippen molar-refractivity contribution in [2.45, 2.75) is 31.4 Å². The standard InChI is InChI=1S/C24H34N4O2/c1-25-10-7-21(18-25)17-24(30)28-12-9-22(23(29)19-28)27-15-13-26(14-16-27)11-8-20-5-3-2-4-6-20/h2-7,10,18,22-23,29H,8-9,11-17,19H2,1H3/t22-,23-/m0/s1. The van der Waals surface area contributed by atoms with Crippen molar-refractivity contribution in [1.82, 2.24) is 19.3 Å². The number of hydrogen-bond donors (Lipinski definition) is 1. The molecule has 3 heterocycles. The summed E-state index contributed by atoms with van der Waals surface area (Å²) in [7, 11) is 1.96. The number of hydrogen-bond acceptors (Lipinski definition) is 4. The van der Waals surface area contributed by atoms with Gasteiger partial charge in [0.25, 0.3) is 0 Å². The lowest BCUT2D eigenvalue weighted by molar-refractivity contribution is -0.135. The van der Waals surface area contributed by atoms with Crippen LogP contribution in [0.4, 0.5) is 0 Å². The highest BCUT2D eigenvalue weighted by molar-refractivity contribution is 5.78. The first-order valence-corrected chi connectivity index (χ1v) is 11.2. The highest BCUT2D eigenvalue weighted by atomic mass is 16.3. The van der Waals surface area contributed by atoms with Gasteiger partial charge in [0.05, 0.1) is 12.5 Å². The molecule has 2 saturated heterocycles. The molecule has 0 saturated carbocycles. The fourth-order valence-electron chi connectivity index (χ4n) is 4.77. The Labute approximate surface area is 179 Å². The van der Waals surface area contributed by atoms with Crippen molar-refractivity contribution < 1.29 is 9.90 Å². The van der Waals surface area contributed by atoms with Crippen LogP contribution in [0.2, 0.25) is 0 Å². The zero-order valence-electron chi connectivity index (χ0n) is 18.0. The molecule has 0 spiro atoms. The van der Waals surface area contributed by atoms with Gasteiger partial charge < -0.3 is 19.5 Å². The molecular weight excluding hydrogens is 376 g/mol.